The summed E-state index contributed by atoms with van der Waals surface area (Å²) in [5, 5.41) is 1.37. The highest BCUT2D eigenvalue weighted by atomic mass is 14.7. The highest BCUT2D eigenvalue weighted by Crippen LogP contribution is 2.25. The van der Waals surface area contributed by atoms with Crippen molar-refractivity contribution in [2.45, 2.75) is 33.1 Å². The van der Waals surface area contributed by atoms with Crippen molar-refractivity contribution >= 4 is 10.9 Å². The summed E-state index contributed by atoms with van der Waals surface area (Å²) in [4.78, 5) is 3.52. The van der Waals surface area contributed by atoms with Gasteiger partial charge in [-0.1, -0.05) is 19.1 Å². The minimum absolute atomic E-state index is 0.766. The van der Waals surface area contributed by atoms with Gasteiger partial charge in [-0.25, -0.2) is 0 Å². The number of fused-ring (bicyclic) bond motifs is 1. The van der Waals surface area contributed by atoms with Crippen molar-refractivity contribution in [3.63, 3.8) is 0 Å². The molecule has 0 fully saturated rings. The van der Waals surface area contributed by atoms with E-state index in [0.29, 0.717) is 0 Å². The van der Waals surface area contributed by atoms with Gasteiger partial charge in [0, 0.05) is 16.6 Å². The average Bonchev–Trinajstić information content (AvgIpc) is 2.63. The molecule has 0 radical (unpaired) electrons. The molecule has 1 heterocycles. The normalized spacial score (nSPS) is 11.2. The Bertz CT molecular complexity index is 483. The Kier molecular flexibility index (Phi) is 3.30. The molecule has 0 bridgehead atoms. The Labute approximate surface area is 96.9 Å². The van der Waals surface area contributed by atoms with Gasteiger partial charge in [-0.15, -0.1) is 0 Å². The lowest BCUT2D eigenvalue weighted by molar-refractivity contribution is 0.825. The summed E-state index contributed by atoms with van der Waals surface area (Å²) in [6, 6.07) is 6.63. The summed E-state index contributed by atoms with van der Waals surface area (Å²) in [5.41, 5.74) is 11.0. The topological polar surface area (TPSA) is 41.8 Å². The average molecular weight is 216 g/mol. The lowest BCUT2D eigenvalue weighted by Gasteiger charge is -2.01. The zero-order valence-corrected chi connectivity index (χ0v) is 10.1. The van der Waals surface area contributed by atoms with E-state index >= 15 is 0 Å². The van der Waals surface area contributed by atoms with Crippen LogP contribution in [0.2, 0.25) is 0 Å². The van der Waals surface area contributed by atoms with Crippen LogP contribution >= 0.6 is 0 Å². The summed E-state index contributed by atoms with van der Waals surface area (Å²) in [5.74, 6) is 0. The number of nitrogens with two attached hydrogens (primary N) is 1. The standard InChI is InChI=1S/C14H20N2/c1-3-13-11(5-4-8-15)12-7-6-10(2)9-14(12)16-13/h6-7,9,16H,3-5,8,15H2,1-2H3. The zero-order chi connectivity index (χ0) is 11.5. The van der Waals surface area contributed by atoms with Crippen LogP contribution in [-0.2, 0) is 12.8 Å². The van der Waals surface area contributed by atoms with Crippen LogP contribution in [0.4, 0.5) is 0 Å². The van der Waals surface area contributed by atoms with Crippen molar-refractivity contribution < 1.29 is 0 Å². The molecule has 3 N–H and O–H groups in total. The molecule has 1 aromatic heterocycles. The number of rotatable bonds is 4. The van der Waals surface area contributed by atoms with E-state index in [-0.39, 0.29) is 0 Å². The number of benzene rings is 1. The van der Waals surface area contributed by atoms with Gasteiger partial charge in [0.25, 0.3) is 0 Å². The Morgan fingerprint density at radius 2 is 2.12 bits per heavy atom. The van der Waals surface area contributed by atoms with Crippen molar-refractivity contribution in [3.8, 4) is 0 Å². The van der Waals surface area contributed by atoms with Crippen LogP contribution in [0.15, 0.2) is 18.2 Å². The predicted octanol–water partition coefficient (Wildman–Crippen LogP) is 2.93. The predicted molar refractivity (Wildman–Crippen MR) is 69.8 cm³/mol. The summed E-state index contributed by atoms with van der Waals surface area (Å²) in [6.45, 7) is 5.09. The number of hydrogen-bond acceptors (Lipinski definition) is 1. The Balaban J connectivity index is 2.50. The van der Waals surface area contributed by atoms with Gasteiger partial charge < -0.3 is 10.7 Å². The minimum atomic E-state index is 0.766. The molecule has 16 heavy (non-hydrogen) atoms. The molecule has 86 valence electrons. The van der Waals surface area contributed by atoms with Gasteiger partial charge in [0.05, 0.1) is 0 Å². The molecule has 2 heteroatoms. The van der Waals surface area contributed by atoms with Gasteiger partial charge >= 0.3 is 0 Å². The fourth-order valence-corrected chi connectivity index (χ4v) is 2.29. The number of hydrogen-bond donors (Lipinski definition) is 2. The lowest BCUT2D eigenvalue weighted by Crippen LogP contribution is -2.01. The molecule has 2 rings (SSSR count). The smallest absolute Gasteiger partial charge is 0.0461 e. The molecule has 0 aliphatic carbocycles. The van der Waals surface area contributed by atoms with Gasteiger partial charge in [0.15, 0.2) is 0 Å². The van der Waals surface area contributed by atoms with Crippen molar-refractivity contribution in [3.05, 3.63) is 35.0 Å². The maximum absolute atomic E-state index is 5.59. The third kappa shape index (κ3) is 1.98. The number of H-pyrrole nitrogens is 1. The SMILES string of the molecule is CCc1[nH]c2cc(C)ccc2c1CCCN. The van der Waals surface area contributed by atoms with E-state index < -0.39 is 0 Å². The zero-order valence-electron chi connectivity index (χ0n) is 10.1. The lowest BCUT2D eigenvalue weighted by atomic mass is 10.0. The summed E-state index contributed by atoms with van der Waals surface area (Å²) in [6.07, 6.45) is 3.21. The molecule has 0 saturated carbocycles. The second-order valence-corrected chi connectivity index (χ2v) is 4.38. The monoisotopic (exact) mass is 216 g/mol. The molecule has 1 aromatic carbocycles. The van der Waals surface area contributed by atoms with E-state index in [1.54, 1.807) is 0 Å². The molecule has 0 aliphatic heterocycles. The molecule has 2 nitrogen and oxygen atoms in total. The quantitative estimate of drug-likeness (QED) is 0.810. The van der Waals surface area contributed by atoms with Crippen LogP contribution in [0.25, 0.3) is 10.9 Å². The van der Waals surface area contributed by atoms with Gasteiger partial charge in [0.2, 0.25) is 0 Å². The molecular formula is C14H20N2. The largest absolute Gasteiger partial charge is 0.358 e. The van der Waals surface area contributed by atoms with Crippen LogP contribution in [0, 0.1) is 6.92 Å². The molecule has 2 aromatic rings. The second kappa shape index (κ2) is 4.71. The number of nitrogens with one attached hydrogen (secondary N) is 1. The van der Waals surface area contributed by atoms with Crippen LogP contribution in [0.1, 0.15) is 30.2 Å². The molecule has 0 amide bonds. The first-order valence-corrected chi connectivity index (χ1v) is 6.06. The second-order valence-electron chi connectivity index (χ2n) is 4.38. The van der Waals surface area contributed by atoms with Gasteiger partial charge in [0.1, 0.15) is 0 Å². The summed E-state index contributed by atoms with van der Waals surface area (Å²) in [7, 11) is 0. The fourth-order valence-electron chi connectivity index (χ4n) is 2.29. The van der Waals surface area contributed by atoms with E-state index in [9.17, 15) is 0 Å². The number of aromatic nitrogens is 1. The highest BCUT2D eigenvalue weighted by molar-refractivity contribution is 5.85. The third-order valence-corrected chi connectivity index (χ3v) is 3.13. The van der Waals surface area contributed by atoms with Crippen LogP contribution in [-0.4, -0.2) is 11.5 Å². The first kappa shape index (κ1) is 11.2. The first-order valence-electron chi connectivity index (χ1n) is 6.06. The van der Waals surface area contributed by atoms with Crippen molar-refractivity contribution in [2.24, 2.45) is 5.73 Å². The fraction of sp³-hybridized carbons (Fsp3) is 0.429. The Morgan fingerprint density at radius 3 is 2.81 bits per heavy atom. The van der Waals surface area contributed by atoms with Crippen molar-refractivity contribution in [1.29, 1.82) is 0 Å². The summed E-state index contributed by atoms with van der Waals surface area (Å²) >= 11 is 0. The van der Waals surface area contributed by atoms with Crippen molar-refractivity contribution in [1.82, 2.24) is 4.98 Å². The van der Waals surface area contributed by atoms with E-state index in [0.717, 1.165) is 25.8 Å². The number of aromatic amines is 1. The minimum Gasteiger partial charge on any atom is -0.358 e. The maximum Gasteiger partial charge on any atom is 0.0461 e. The van der Waals surface area contributed by atoms with Gasteiger partial charge in [-0.2, -0.15) is 0 Å². The molecule has 0 aliphatic rings. The molecular weight excluding hydrogens is 196 g/mol. The van der Waals surface area contributed by atoms with Gasteiger partial charge in [-0.3, -0.25) is 0 Å². The van der Waals surface area contributed by atoms with Crippen LogP contribution in [0.3, 0.4) is 0 Å². The molecule has 0 saturated heterocycles. The van der Waals surface area contributed by atoms with E-state index in [1.165, 1.54) is 27.7 Å². The van der Waals surface area contributed by atoms with E-state index in [1.807, 2.05) is 0 Å². The van der Waals surface area contributed by atoms with Crippen LogP contribution in [0.5, 0.6) is 0 Å². The maximum atomic E-state index is 5.59. The van der Waals surface area contributed by atoms with E-state index in [2.05, 4.69) is 37.0 Å². The van der Waals surface area contributed by atoms with E-state index in [4.69, 9.17) is 5.73 Å². The Morgan fingerprint density at radius 1 is 1.31 bits per heavy atom. The first-order chi connectivity index (χ1) is 7.76. The third-order valence-electron chi connectivity index (χ3n) is 3.13. The summed E-state index contributed by atoms with van der Waals surface area (Å²) < 4.78 is 0. The van der Waals surface area contributed by atoms with Gasteiger partial charge in [-0.05, 0) is 49.9 Å². The number of aryl methyl sites for hydroxylation is 3. The Hall–Kier alpha value is -1.28. The molecule has 0 unspecified atom stereocenters. The highest BCUT2D eigenvalue weighted by Gasteiger charge is 2.09. The van der Waals surface area contributed by atoms with Crippen LogP contribution < -0.4 is 5.73 Å². The molecule has 0 spiro atoms. The van der Waals surface area contributed by atoms with Crippen molar-refractivity contribution in [2.75, 3.05) is 6.54 Å². The molecule has 0 atom stereocenters.